The summed E-state index contributed by atoms with van der Waals surface area (Å²) in [5.74, 6) is -0.235. The lowest BCUT2D eigenvalue weighted by atomic mass is 10.2. The van der Waals surface area contributed by atoms with E-state index in [2.05, 4.69) is 29.5 Å². The molecule has 0 atom stereocenters. The van der Waals surface area contributed by atoms with Gasteiger partial charge in [0, 0.05) is 18.5 Å². The number of fused-ring (bicyclic) bond motifs is 1. The molecule has 0 amide bonds. The van der Waals surface area contributed by atoms with Crippen molar-refractivity contribution >= 4 is 16.9 Å². The van der Waals surface area contributed by atoms with E-state index in [0.717, 1.165) is 23.1 Å². The number of nitrogens with one attached hydrogen (secondary N) is 1. The maximum Gasteiger partial charge on any atom is 0.319 e. The molecule has 102 valence electrons. The number of esters is 1. The SMILES string of the molecule is CCOC(=O)CNCc1nn(CC)c2ccccc12. The van der Waals surface area contributed by atoms with Crippen LogP contribution in [-0.4, -0.2) is 28.9 Å². The largest absolute Gasteiger partial charge is 0.465 e. The molecule has 0 aliphatic rings. The van der Waals surface area contributed by atoms with Crippen LogP contribution in [0.4, 0.5) is 0 Å². The summed E-state index contributed by atoms with van der Waals surface area (Å²) >= 11 is 0. The third-order valence-electron chi connectivity index (χ3n) is 2.90. The summed E-state index contributed by atoms with van der Waals surface area (Å²) < 4.78 is 6.84. The molecule has 0 unspecified atom stereocenters. The standard InChI is InChI=1S/C14H19N3O2/c1-3-17-13-8-6-5-7-11(13)12(16-17)9-15-10-14(18)19-4-2/h5-8,15H,3-4,9-10H2,1-2H3. The Hall–Kier alpha value is -1.88. The highest BCUT2D eigenvalue weighted by molar-refractivity contribution is 5.82. The minimum absolute atomic E-state index is 0.209. The van der Waals surface area contributed by atoms with Crippen molar-refractivity contribution in [3.05, 3.63) is 30.0 Å². The first kappa shape index (κ1) is 13.5. The highest BCUT2D eigenvalue weighted by atomic mass is 16.5. The molecule has 0 saturated carbocycles. The van der Waals surface area contributed by atoms with Gasteiger partial charge < -0.3 is 10.1 Å². The molecule has 0 radical (unpaired) electrons. The number of hydrogen-bond acceptors (Lipinski definition) is 4. The molecule has 0 saturated heterocycles. The summed E-state index contributed by atoms with van der Waals surface area (Å²) in [5, 5.41) is 8.74. The topological polar surface area (TPSA) is 56.1 Å². The van der Waals surface area contributed by atoms with Gasteiger partial charge in [-0.25, -0.2) is 0 Å². The fourth-order valence-corrected chi connectivity index (χ4v) is 2.06. The molecular formula is C14H19N3O2. The minimum Gasteiger partial charge on any atom is -0.465 e. The van der Waals surface area contributed by atoms with E-state index in [9.17, 15) is 4.79 Å². The molecule has 0 bridgehead atoms. The van der Waals surface area contributed by atoms with Crippen LogP contribution in [0.15, 0.2) is 24.3 Å². The van der Waals surface area contributed by atoms with E-state index in [-0.39, 0.29) is 12.5 Å². The number of aryl methyl sites for hydroxylation is 1. The van der Waals surface area contributed by atoms with Crippen LogP contribution in [0.2, 0.25) is 0 Å². The number of nitrogens with zero attached hydrogens (tertiary/aromatic N) is 2. The smallest absolute Gasteiger partial charge is 0.319 e. The number of ether oxygens (including phenoxy) is 1. The Morgan fingerprint density at radius 2 is 2.16 bits per heavy atom. The van der Waals surface area contributed by atoms with Gasteiger partial charge in [-0.05, 0) is 19.9 Å². The molecule has 19 heavy (non-hydrogen) atoms. The fourth-order valence-electron chi connectivity index (χ4n) is 2.06. The summed E-state index contributed by atoms with van der Waals surface area (Å²) in [6, 6.07) is 8.11. The number of hydrogen-bond donors (Lipinski definition) is 1. The Labute approximate surface area is 112 Å². The van der Waals surface area contributed by atoms with Crippen molar-refractivity contribution in [1.82, 2.24) is 15.1 Å². The lowest BCUT2D eigenvalue weighted by molar-refractivity contribution is -0.142. The molecule has 5 nitrogen and oxygen atoms in total. The zero-order valence-corrected chi connectivity index (χ0v) is 11.3. The molecular weight excluding hydrogens is 242 g/mol. The normalized spacial score (nSPS) is 10.8. The van der Waals surface area contributed by atoms with Crippen LogP contribution in [0.1, 0.15) is 19.5 Å². The number of para-hydroxylation sites is 1. The van der Waals surface area contributed by atoms with Gasteiger partial charge in [-0.3, -0.25) is 9.48 Å². The molecule has 1 aromatic heterocycles. The molecule has 0 spiro atoms. The number of aromatic nitrogens is 2. The number of benzene rings is 1. The second-order valence-electron chi connectivity index (χ2n) is 4.19. The minimum atomic E-state index is -0.235. The lowest BCUT2D eigenvalue weighted by Crippen LogP contribution is -2.24. The van der Waals surface area contributed by atoms with Gasteiger partial charge in [0.15, 0.2) is 0 Å². The van der Waals surface area contributed by atoms with Gasteiger partial charge in [-0.1, -0.05) is 18.2 Å². The van der Waals surface area contributed by atoms with Gasteiger partial charge in [-0.15, -0.1) is 0 Å². The zero-order chi connectivity index (χ0) is 13.7. The van der Waals surface area contributed by atoms with E-state index in [1.54, 1.807) is 6.92 Å². The van der Waals surface area contributed by atoms with Gasteiger partial charge in [0.05, 0.1) is 24.4 Å². The number of carbonyl (C=O) groups is 1. The third kappa shape index (κ3) is 3.12. The Balaban J connectivity index is 2.06. The van der Waals surface area contributed by atoms with Crippen LogP contribution in [0, 0.1) is 0 Å². The van der Waals surface area contributed by atoms with E-state index in [4.69, 9.17) is 4.74 Å². The Kier molecular flexibility index (Phi) is 4.52. The summed E-state index contributed by atoms with van der Waals surface area (Å²) in [7, 11) is 0. The average molecular weight is 261 g/mol. The first-order valence-corrected chi connectivity index (χ1v) is 6.57. The van der Waals surface area contributed by atoms with E-state index in [1.807, 2.05) is 16.8 Å². The molecule has 0 aliphatic heterocycles. The maximum atomic E-state index is 11.2. The highest BCUT2D eigenvalue weighted by Crippen LogP contribution is 2.17. The molecule has 0 fully saturated rings. The second kappa shape index (κ2) is 6.33. The van der Waals surface area contributed by atoms with Crippen LogP contribution < -0.4 is 5.32 Å². The van der Waals surface area contributed by atoms with Gasteiger partial charge in [0.1, 0.15) is 0 Å². The molecule has 2 rings (SSSR count). The monoisotopic (exact) mass is 261 g/mol. The van der Waals surface area contributed by atoms with Crippen LogP contribution in [0.5, 0.6) is 0 Å². The third-order valence-corrected chi connectivity index (χ3v) is 2.90. The molecule has 5 heteroatoms. The van der Waals surface area contributed by atoms with Crippen molar-refractivity contribution < 1.29 is 9.53 Å². The van der Waals surface area contributed by atoms with Gasteiger partial charge in [0.25, 0.3) is 0 Å². The quantitative estimate of drug-likeness (QED) is 0.804. The van der Waals surface area contributed by atoms with Crippen LogP contribution in [0.3, 0.4) is 0 Å². The highest BCUT2D eigenvalue weighted by Gasteiger charge is 2.09. The molecule has 2 aromatic rings. The Bertz CT molecular complexity index is 563. The number of rotatable bonds is 6. The van der Waals surface area contributed by atoms with E-state index >= 15 is 0 Å². The first-order chi connectivity index (χ1) is 9.26. The van der Waals surface area contributed by atoms with Crippen molar-refractivity contribution in [2.75, 3.05) is 13.2 Å². The van der Waals surface area contributed by atoms with Crippen molar-refractivity contribution in [2.24, 2.45) is 0 Å². The van der Waals surface area contributed by atoms with Crippen molar-refractivity contribution in [2.45, 2.75) is 26.9 Å². The summed E-state index contributed by atoms with van der Waals surface area (Å²) in [5.41, 5.74) is 2.08. The fraction of sp³-hybridized carbons (Fsp3) is 0.429. The predicted molar refractivity (Wildman–Crippen MR) is 73.7 cm³/mol. The predicted octanol–water partition coefficient (Wildman–Crippen LogP) is 1.71. The maximum absolute atomic E-state index is 11.2. The van der Waals surface area contributed by atoms with Crippen molar-refractivity contribution in [1.29, 1.82) is 0 Å². The Morgan fingerprint density at radius 1 is 1.37 bits per heavy atom. The molecule has 0 aliphatic carbocycles. The van der Waals surface area contributed by atoms with Crippen LogP contribution >= 0.6 is 0 Å². The zero-order valence-electron chi connectivity index (χ0n) is 11.3. The molecule has 1 aromatic carbocycles. The second-order valence-corrected chi connectivity index (χ2v) is 4.19. The summed E-state index contributed by atoms with van der Waals surface area (Å²) in [6.07, 6.45) is 0. The van der Waals surface area contributed by atoms with E-state index < -0.39 is 0 Å². The van der Waals surface area contributed by atoms with Crippen molar-refractivity contribution in [3.63, 3.8) is 0 Å². The number of carbonyl (C=O) groups excluding carboxylic acids is 1. The molecule has 1 N–H and O–H groups in total. The first-order valence-electron chi connectivity index (χ1n) is 6.57. The van der Waals surface area contributed by atoms with Crippen LogP contribution in [-0.2, 0) is 22.6 Å². The van der Waals surface area contributed by atoms with Gasteiger partial charge in [0.2, 0.25) is 0 Å². The lowest BCUT2D eigenvalue weighted by Gasteiger charge is -2.02. The van der Waals surface area contributed by atoms with Gasteiger partial charge >= 0.3 is 5.97 Å². The average Bonchev–Trinajstić information content (AvgIpc) is 2.78. The summed E-state index contributed by atoms with van der Waals surface area (Å²) in [6.45, 7) is 5.88. The van der Waals surface area contributed by atoms with E-state index in [1.165, 1.54) is 0 Å². The van der Waals surface area contributed by atoms with Crippen LogP contribution in [0.25, 0.3) is 10.9 Å². The Morgan fingerprint density at radius 3 is 2.89 bits per heavy atom. The van der Waals surface area contributed by atoms with E-state index in [0.29, 0.717) is 13.2 Å². The summed E-state index contributed by atoms with van der Waals surface area (Å²) in [4.78, 5) is 11.2. The molecule has 1 heterocycles. The van der Waals surface area contributed by atoms with Crippen molar-refractivity contribution in [3.8, 4) is 0 Å². The van der Waals surface area contributed by atoms with Gasteiger partial charge in [-0.2, -0.15) is 5.10 Å².